The van der Waals surface area contributed by atoms with Crippen LogP contribution in [0, 0.1) is 0 Å². The summed E-state index contributed by atoms with van der Waals surface area (Å²) in [5.41, 5.74) is 5.77. The summed E-state index contributed by atoms with van der Waals surface area (Å²) in [6.45, 7) is 0. The van der Waals surface area contributed by atoms with Crippen LogP contribution in [0.3, 0.4) is 0 Å². The molecule has 1 nitrogen and oxygen atoms in total. The first-order chi connectivity index (χ1) is 20.2. The summed E-state index contributed by atoms with van der Waals surface area (Å²) in [5.74, 6) is 0. The van der Waals surface area contributed by atoms with Crippen molar-refractivity contribution in [1.29, 1.82) is 0 Å². The van der Waals surface area contributed by atoms with Crippen LogP contribution in [0.15, 0.2) is 153 Å². The SMILES string of the molecule is Clc1ccc(-c2cc(N(c3ccccc3)c3ccc4c(c3)Sc3ccccc3S4)c3c(c2)sc2ccccc23)cc1. The predicted molar refractivity (Wildman–Crippen MR) is 179 cm³/mol. The lowest BCUT2D eigenvalue weighted by Gasteiger charge is -2.28. The third-order valence-corrected chi connectivity index (χ3v) is 11.3. The zero-order valence-electron chi connectivity index (χ0n) is 21.8. The molecule has 0 bridgehead atoms. The fraction of sp³-hybridized carbons (Fsp3) is 0. The number of thiophene rings is 1. The molecule has 0 amide bonds. The molecule has 0 aliphatic carbocycles. The molecular formula is C36H22ClNS3. The Labute approximate surface area is 256 Å². The van der Waals surface area contributed by atoms with Gasteiger partial charge in [0.25, 0.3) is 0 Å². The number of anilines is 3. The fourth-order valence-electron chi connectivity index (χ4n) is 5.48. The summed E-state index contributed by atoms with van der Waals surface area (Å²) < 4.78 is 2.56. The number of nitrogens with zero attached hydrogens (tertiary/aromatic N) is 1. The van der Waals surface area contributed by atoms with Crippen molar-refractivity contribution in [2.75, 3.05) is 4.90 Å². The van der Waals surface area contributed by atoms with Gasteiger partial charge in [0.15, 0.2) is 0 Å². The largest absolute Gasteiger partial charge is 0.310 e. The Morgan fingerprint density at radius 2 is 1.17 bits per heavy atom. The lowest BCUT2D eigenvalue weighted by molar-refractivity contribution is 1.14. The van der Waals surface area contributed by atoms with E-state index in [1.165, 1.54) is 51.0 Å². The van der Waals surface area contributed by atoms with Crippen LogP contribution in [0.4, 0.5) is 17.1 Å². The van der Waals surface area contributed by atoms with E-state index in [4.69, 9.17) is 11.6 Å². The van der Waals surface area contributed by atoms with Gasteiger partial charge in [-0.25, -0.2) is 0 Å². The van der Waals surface area contributed by atoms with Gasteiger partial charge in [-0.05, 0) is 83.9 Å². The van der Waals surface area contributed by atoms with E-state index >= 15 is 0 Å². The molecule has 5 heteroatoms. The average Bonchev–Trinajstić information content (AvgIpc) is 3.40. The van der Waals surface area contributed by atoms with Gasteiger partial charge >= 0.3 is 0 Å². The molecule has 2 heterocycles. The maximum absolute atomic E-state index is 6.27. The maximum atomic E-state index is 6.27. The normalized spacial score (nSPS) is 12.3. The van der Waals surface area contributed by atoms with E-state index in [1.54, 1.807) is 0 Å². The molecule has 0 spiro atoms. The quantitative estimate of drug-likeness (QED) is 0.198. The summed E-state index contributed by atoms with van der Waals surface area (Å²) >= 11 is 11.8. The zero-order valence-corrected chi connectivity index (χ0v) is 25.0. The number of fused-ring (bicyclic) bond motifs is 5. The van der Waals surface area contributed by atoms with Crippen LogP contribution in [0.5, 0.6) is 0 Å². The van der Waals surface area contributed by atoms with Gasteiger partial charge in [-0.15, -0.1) is 11.3 Å². The first kappa shape index (κ1) is 25.1. The number of rotatable bonds is 4. The standard InChI is InChI=1S/C36H22ClNS3/c37-25-16-14-23(15-17-25)24-20-29(36-28-10-4-5-11-30(28)39-35(36)21-24)38(26-8-2-1-3-9-26)27-18-19-33-34(22-27)41-32-13-7-6-12-31(32)40-33/h1-22H. The summed E-state index contributed by atoms with van der Waals surface area (Å²) in [5, 5.41) is 3.30. The second-order valence-electron chi connectivity index (χ2n) is 9.93. The van der Waals surface area contributed by atoms with Gasteiger partial charge in [0.1, 0.15) is 0 Å². The van der Waals surface area contributed by atoms with Crippen LogP contribution in [0.1, 0.15) is 0 Å². The third kappa shape index (κ3) is 4.52. The highest BCUT2D eigenvalue weighted by molar-refractivity contribution is 8.05. The molecule has 0 N–H and O–H groups in total. The molecule has 6 aromatic carbocycles. The minimum Gasteiger partial charge on any atom is -0.310 e. The van der Waals surface area contributed by atoms with Gasteiger partial charge in [-0.2, -0.15) is 0 Å². The van der Waals surface area contributed by atoms with Crippen LogP contribution in [0.2, 0.25) is 5.02 Å². The van der Waals surface area contributed by atoms with E-state index in [2.05, 4.69) is 126 Å². The lowest BCUT2D eigenvalue weighted by atomic mass is 10.0. The third-order valence-electron chi connectivity index (χ3n) is 7.37. The molecule has 0 unspecified atom stereocenters. The Morgan fingerprint density at radius 3 is 1.98 bits per heavy atom. The first-order valence-corrected chi connectivity index (χ1v) is 16.2. The van der Waals surface area contributed by atoms with Crippen molar-refractivity contribution in [3.63, 3.8) is 0 Å². The highest BCUT2D eigenvalue weighted by Gasteiger charge is 2.23. The van der Waals surface area contributed by atoms with Crippen molar-refractivity contribution in [3.8, 4) is 11.1 Å². The van der Waals surface area contributed by atoms with Gasteiger partial charge in [0.05, 0.1) is 5.69 Å². The summed E-state index contributed by atoms with van der Waals surface area (Å²) in [7, 11) is 0. The van der Waals surface area contributed by atoms with Crippen molar-refractivity contribution in [1.82, 2.24) is 0 Å². The second-order valence-corrected chi connectivity index (χ2v) is 13.6. The van der Waals surface area contributed by atoms with E-state index < -0.39 is 0 Å². The molecule has 196 valence electrons. The molecule has 0 saturated carbocycles. The van der Waals surface area contributed by atoms with Crippen LogP contribution < -0.4 is 4.90 Å². The molecule has 1 aliphatic heterocycles. The minimum atomic E-state index is 0.744. The van der Waals surface area contributed by atoms with Gasteiger partial charge in [-0.3, -0.25) is 0 Å². The van der Waals surface area contributed by atoms with Crippen molar-refractivity contribution < 1.29 is 0 Å². The fourth-order valence-corrected chi connectivity index (χ4v) is 9.02. The van der Waals surface area contributed by atoms with Gasteiger partial charge in [0, 0.05) is 56.2 Å². The highest BCUT2D eigenvalue weighted by atomic mass is 35.5. The zero-order chi connectivity index (χ0) is 27.3. The Hall–Kier alpha value is -3.67. The Bertz CT molecular complexity index is 2070. The summed E-state index contributed by atoms with van der Waals surface area (Å²) in [6, 6.07) is 47.8. The van der Waals surface area contributed by atoms with Crippen LogP contribution in [-0.2, 0) is 0 Å². The number of halogens is 1. The van der Waals surface area contributed by atoms with E-state index in [0.29, 0.717) is 0 Å². The van der Waals surface area contributed by atoms with E-state index in [9.17, 15) is 0 Å². The molecule has 0 atom stereocenters. The molecule has 7 aromatic rings. The Morgan fingerprint density at radius 1 is 0.488 bits per heavy atom. The van der Waals surface area contributed by atoms with Gasteiger partial charge in [0.2, 0.25) is 0 Å². The number of hydrogen-bond acceptors (Lipinski definition) is 4. The molecule has 0 radical (unpaired) electrons. The maximum Gasteiger partial charge on any atom is 0.0560 e. The second kappa shape index (κ2) is 10.3. The van der Waals surface area contributed by atoms with E-state index in [-0.39, 0.29) is 0 Å². The van der Waals surface area contributed by atoms with Crippen molar-refractivity contribution >= 4 is 83.7 Å². The van der Waals surface area contributed by atoms with Gasteiger partial charge in [-0.1, -0.05) is 95.8 Å². The van der Waals surface area contributed by atoms with E-state index in [1.807, 2.05) is 47.0 Å². The monoisotopic (exact) mass is 599 g/mol. The Balaban J connectivity index is 1.38. The van der Waals surface area contributed by atoms with Crippen molar-refractivity contribution in [3.05, 3.63) is 138 Å². The number of benzene rings is 6. The topological polar surface area (TPSA) is 3.24 Å². The number of hydrogen-bond donors (Lipinski definition) is 0. The molecule has 0 fully saturated rings. The smallest absolute Gasteiger partial charge is 0.0560 e. The molecule has 8 rings (SSSR count). The van der Waals surface area contributed by atoms with Gasteiger partial charge < -0.3 is 4.90 Å². The minimum absolute atomic E-state index is 0.744. The molecular weight excluding hydrogens is 578 g/mol. The molecule has 41 heavy (non-hydrogen) atoms. The lowest BCUT2D eigenvalue weighted by Crippen LogP contribution is -2.11. The van der Waals surface area contributed by atoms with Crippen molar-refractivity contribution in [2.45, 2.75) is 19.6 Å². The van der Waals surface area contributed by atoms with Crippen LogP contribution in [0.25, 0.3) is 31.3 Å². The summed E-state index contributed by atoms with van der Waals surface area (Å²) in [6.07, 6.45) is 0. The highest BCUT2D eigenvalue weighted by Crippen LogP contribution is 2.52. The average molecular weight is 600 g/mol. The Kier molecular flexibility index (Phi) is 6.30. The molecule has 1 aliphatic rings. The first-order valence-electron chi connectivity index (χ1n) is 13.4. The summed E-state index contributed by atoms with van der Waals surface area (Å²) in [4.78, 5) is 7.63. The predicted octanol–water partition coefficient (Wildman–Crippen LogP) is 12.5. The molecule has 1 aromatic heterocycles. The van der Waals surface area contributed by atoms with Crippen LogP contribution in [-0.4, -0.2) is 0 Å². The van der Waals surface area contributed by atoms with E-state index in [0.717, 1.165) is 22.0 Å². The van der Waals surface area contributed by atoms with Crippen LogP contribution >= 0.6 is 46.5 Å². The number of para-hydroxylation sites is 1. The van der Waals surface area contributed by atoms with Crippen molar-refractivity contribution in [2.24, 2.45) is 0 Å². The molecule has 0 saturated heterocycles.